The van der Waals surface area contributed by atoms with E-state index in [-0.39, 0.29) is 12.2 Å². The average Bonchev–Trinajstić information content (AvgIpc) is 2.37. The topological polar surface area (TPSA) is 155 Å². The van der Waals surface area contributed by atoms with E-state index in [1.165, 1.54) is 0 Å². The van der Waals surface area contributed by atoms with E-state index in [4.69, 9.17) is 14.4 Å². The second kappa shape index (κ2) is 10.1. The fourth-order valence-electron chi connectivity index (χ4n) is 1.95. The van der Waals surface area contributed by atoms with Crippen LogP contribution >= 0.6 is 0 Å². The van der Waals surface area contributed by atoms with Crippen molar-refractivity contribution >= 4 is 26.2 Å². The Hall–Kier alpha value is -0.750. The van der Waals surface area contributed by atoms with Crippen LogP contribution in [0.3, 0.4) is 0 Å². The molecule has 22 heavy (non-hydrogen) atoms. The van der Waals surface area contributed by atoms with Crippen molar-refractivity contribution in [2.24, 2.45) is 0 Å². The van der Waals surface area contributed by atoms with Gasteiger partial charge in [0.15, 0.2) is 5.25 Å². The first-order valence-corrected chi connectivity index (χ1v) is 9.96. The molecule has 0 aliphatic heterocycles. The van der Waals surface area contributed by atoms with E-state index in [0.717, 1.165) is 19.3 Å². The molecule has 0 radical (unpaired) electrons. The van der Waals surface area contributed by atoms with Gasteiger partial charge >= 0.3 is 5.97 Å². The van der Waals surface area contributed by atoms with Gasteiger partial charge in [-0.25, -0.2) is 4.79 Å². The summed E-state index contributed by atoms with van der Waals surface area (Å²) in [6, 6.07) is 0. The van der Waals surface area contributed by atoms with Gasteiger partial charge in [-0.1, -0.05) is 38.5 Å². The van der Waals surface area contributed by atoms with E-state index in [2.05, 4.69) is 4.89 Å². The van der Waals surface area contributed by atoms with E-state index < -0.39 is 31.5 Å². The van der Waals surface area contributed by atoms with Gasteiger partial charge < -0.3 is 0 Å². The highest BCUT2D eigenvalue weighted by molar-refractivity contribution is 7.87. The van der Waals surface area contributed by atoms with Crippen LogP contribution in [0.2, 0.25) is 0 Å². The van der Waals surface area contributed by atoms with Gasteiger partial charge in [0, 0.05) is 0 Å². The minimum Gasteiger partial charge on any atom is -0.299 e. The summed E-state index contributed by atoms with van der Waals surface area (Å²) in [4.78, 5) is 14.3. The molecule has 0 saturated carbocycles. The van der Waals surface area contributed by atoms with Gasteiger partial charge in [0.2, 0.25) is 0 Å². The molecule has 0 spiro atoms. The zero-order valence-electron chi connectivity index (χ0n) is 12.0. The average molecular weight is 362 g/mol. The molecule has 0 aromatic carbocycles. The molecule has 3 N–H and O–H groups in total. The second-order valence-electron chi connectivity index (χ2n) is 4.96. The number of carbonyl (C=O) groups is 1. The first-order valence-electron chi connectivity index (χ1n) is 6.84. The summed E-state index contributed by atoms with van der Waals surface area (Å²) in [5.41, 5.74) is 0. The zero-order chi connectivity index (χ0) is 17.2. The fraction of sp³-hybridized carbons (Fsp3) is 0.909. The Morgan fingerprint density at radius 3 is 1.73 bits per heavy atom. The molecule has 0 saturated heterocycles. The van der Waals surface area contributed by atoms with Gasteiger partial charge in [0.1, 0.15) is 0 Å². The third kappa shape index (κ3) is 10.9. The van der Waals surface area contributed by atoms with Crippen LogP contribution in [0.4, 0.5) is 0 Å². The van der Waals surface area contributed by atoms with Crippen LogP contribution in [-0.4, -0.2) is 48.2 Å². The third-order valence-corrected chi connectivity index (χ3v) is 5.03. The number of hydrogen-bond acceptors (Lipinski definition) is 7. The van der Waals surface area contributed by atoms with Gasteiger partial charge in [-0.15, -0.1) is 0 Å². The molecule has 0 fully saturated rings. The predicted molar refractivity (Wildman–Crippen MR) is 77.4 cm³/mol. The predicted octanol–water partition coefficient (Wildman–Crippen LogP) is 1.27. The molecule has 1 unspecified atom stereocenters. The monoisotopic (exact) mass is 362 g/mol. The van der Waals surface area contributed by atoms with Crippen LogP contribution in [0.25, 0.3) is 0 Å². The molecule has 0 aromatic heterocycles. The van der Waals surface area contributed by atoms with E-state index in [0.29, 0.717) is 25.7 Å². The van der Waals surface area contributed by atoms with E-state index in [9.17, 15) is 21.6 Å². The van der Waals surface area contributed by atoms with Crippen molar-refractivity contribution in [3.8, 4) is 0 Å². The number of rotatable bonds is 12. The lowest BCUT2D eigenvalue weighted by atomic mass is 10.1. The quantitative estimate of drug-likeness (QED) is 0.201. The molecule has 0 heterocycles. The van der Waals surface area contributed by atoms with Gasteiger partial charge in [-0.05, 0) is 12.8 Å². The molecule has 0 amide bonds. The maximum absolute atomic E-state index is 11.0. The molecule has 0 aliphatic rings. The Bertz CT molecular complexity index is 524. The first-order chi connectivity index (χ1) is 10.1. The van der Waals surface area contributed by atoms with Crippen molar-refractivity contribution in [3.05, 3.63) is 0 Å². The Morgan fingerprint density at radius 2 is 1.32 bits per heavy atom. The summed E-state index contributed by atoms with van der Waals surface area (Å²) >= 11 is 0. The van der Waals surface area contributed by atoms with Crippen LogP contribution in [0.5, 0.6) is 0 Å². The van der Waals surface area contributed by atoms with Gasteiger partial charge in [-0.2, -0.15) is 22.1 Å². The molecular weight excluding hydrogens is 340 g/mol. The summed E-state index contributed by atoms with van der Waals surface area (Å²) in [6.45, 7) is 0. The molecule has 9 nitrogen and oxygen atoms in total. The summed E-state index contributed by atoms with van der Waals surface area (Å²) < 4.78 is 60.1. The van der Waals surface area contributed by atoms with Crippen LogP contribution in [0.15, 0.2) is 0 Å². The van der Waals surface area contributed by atoms with Crippen molar-refractivity contribution in [1.29, 1.82) is 0 Å². The molecule has 132 valence electrons. The highest BCUT2D eigenvalue weighted by Crippen LogP contribution is 2.14. The highest BCUT2D eigenvalue weighted by Gasteiger charge is 2.32. The zero-order valence-corrected chi connectivity index (χ0v) is 13.7. The number of hydrogen-bond donors (Lipinski definition) is 3. The third-order valence-electron chi connectivity index (χ3n) is 3.08. The standard InChI is InChI=1S/C11H22O9S2/c12-11(20-13)10(22(17,18)19)8-6-4-2-1-3-5-7-9-21(14,15)16/h10,13H,1-9H2,(H,14,15,16)(H,17,18,19). The molecular formula is C11H22O9S2. The van der Waals surface area contributed by atoms with Crippen molar-refractivity contribution in [1.82, 2.24) is 0 Å². The first kappa shape index (κ1) is 21.2. The smallest absolute Gasteiger partial charge is 0.299 e. The number of carbonyl (C=O) groups excluding carboxylic acids is 1. The summed E-state index contributed by atoms with van der Waals surface area (Å²) in [5.74, 6) is -1.67. The second-order valence-corrected chi connectivity index (χ2v) is 8.13. The Kier molecular flexibility index (Phi) is 9.76. The van der Waals surface area contributed by atoms with E-state index >= 15 is 0 Å². The van der Waals surface area contributed by atoms with Crippen LogP contribution < -0.4 is 0 Å². The largest absolute Gasteiger partial charge is 0.362 e. The van der Waals surface area contributed by atoms with Crippen LogP contribution in [0.1, 0.15) is 51.4 Å². The van der Waals surface area contributed by atoms with E-state index in [1.54, 1.807) is 0 Å². The van der Waals surface area contributed by atoms with Gasteiger partial charge in [0.25, 0.3) is 20.2 Å². The lowest BCUT2D eigenvalue weighted by Crippen LogP contribution is -2.31. The maximum Gasteiger partial charge on any atom is 0.362 e. The summed E-state index contributed by atoms with van der Waals surface area (Å²) in [6.07, 6.45) is 4.17. The molecule has 0 aromatic rings. The number of unbranched alkanes of at least 4 members (excludes halogenated alkanes) is 6. The Labute approximate surface area is 130 Å². The van der Waals surface area contributed by atoms with Crippen molar-refractivity contribution in [2.45, 2.75) is 56.6 Å². The van der Waals surface area contributed by atoms with Crippen LogP contribution in [0, 0.1) is 0 Å². The lowest BCUT2D eigenvalue weighted by molar-refractivity contribution is -0.234. The Morgan fingerprint density at radius 1 is 0.864 bits per heavy atom. The summed E-state index contributed by atoms with van der Waals surface area (Å²) in [5, 5.41) is 6.38. The Balaban J connectivity index is 3.77. The van der Waals surface area contributed by atoms with Crippen molar-refractivity contribution in [3.63, 3.8) is 0 Å². The van der Waals surface area contributed by atoms with E-state index in [1.807, 2.05) is 0 Å². The fourth-order valence-corrected chi connectivity index (χ4v) is 3.26. The molecule has 0 aliphatic carbocycles. The maximum atomic E-state index is 11.0. The SMILES string of the molecule is O=C(OO)C(CCCCCCCCCS(=O)(=O)O)S(=O)(=O)O. The molecule has 0 rings (SSSR count). The van der Waals surface area contributed by atoms with Crippen molar-refractivity contribution < 1.29 is 40.9 Å². The minimum atomic E-state index is -4.61. The normalized spacial score (nSPS) is 13.8. The summed E-state index contributed by atoms with van der Waals surface area (Å²) in [7, 11) is -8.51. The lowest BCUT2D eigenvalue weighted by Gasteiger charge is -2.09. The molecule has 1 atom stereocenters. The molecule has 0 bridgehead atoms. The highest BCUT2D eigenvalue weighted by atomic mass is 32.2. The minimum absolute atomic E-state index is 0.152. The van der Waals surface area contributed by atoms with Crippen molar-refractivity contribution in [2.75, 3.05) is 5.75 Å². The van der Waals surface area contributed by atoms with Crippen LogP contribution in [-0.2, 0) is 29.9 Å². The molecule has 11 heteroatoms. The van der Waals surface area contributed by atoms with Gasteiger partial charge in [-0.3, -0.25) is 14.0 Å². The van der Waals surface area contributed by atoms with Gasteiger partial charge in [0.05, 0.1) is 5.75 Å².